The van der Waals surface area contributed by atoms with Gasteiger partial charge in [-0.05, 0) is 66.2 Å². The topological polar surface area (TPSA) is 41.9 Å². The van der Waals surface area contributed by atoms with E-state index in [1.165, 1.54) is 17.3 Å². The van der Waals surface area contributed by atoms with Crippen molar-refractivity contribution in [3.05, 3.63) is 135 Å². The lowest BCUT2D eigenvalue weighted by atomic mass is 10.1. The number of carbonyl (C=O) groups is 1. The molecule has 0 bridgehead atoms. The Kier molecular flexibility index (Phi) is 7.87. The number of amides is 1. The first-order chi connectivity index (χ1) is 18.0. The van der Waals surface area contributed by atoms with Gasteiger partial charge in [-0.3, -0.25) is 9.69 Å². The van der Waals surface area contributed by atoms with Gasteiger partial charge < -0.3 is 4.74 Å². The number of thioether (sulfide) groups is 1. The van der Waals surface area contributed by atoms with Crippen LogP contribution in [0.1, 0.15) is 22.3 Å². The van der Waals surface area contributed by atoms with Gasteiger partial charge in [-0.2, -0.15) is 0 Å². The second-order valence-corrected chi connectivity index (χ2v) is 10.6. The predicted octanol–water partition coefficient (Wildman–Crippen LogP) is 8.14. The van der Waals surface area contributed by atoms with Gasteiger partial charge in [-0.25, -0.2) is 4.99 Å². The second-order valence-electron chi connectivity index (χ2n) is 8.67. The first kappa shape index (κ1) is 25.1. The van der Waals surface area contributed by atoms with Crippen LogP contribution in [-0.2, 0) is 17.9 Å². The molecule has 5 rings (SSSR count). The van der Waals surface area contributed by atoms with Crippen LogP contribution in [0.25, 0.3) is 6.08 Å². The third-order valence-electron chi connectivity index (χ3n) is 5.84. The summed E-state index contributed by atoms with van der Waals surface area (Å²) in [5, 5.41) is 0.664. The molecule has 0 saturated carbocycles. The van der Waals surface area contributed by atoms with Crippen molar-refractivity contribution in [1.82, 2.24) is 4.90 Å². The minimum atomic E-state index is -0.0672. The van der Waals surface area contributed by atoms with Crippen LogP contribution in [0.3, 0.4) is 0 Å². The van der Waals surface area contributed by atoms with Gasteiger partial charge in [0.15, 0.2) is 5.17 Å². The minimum Gasteiger partial charge on any atom is -0.488 e. The fourth-order valence-electron chi connectivity index (χ4n) is 3.84. The molecule has 0 spiro atoms. The number of hydrogen-bond acceptors (Lipinski definition) is 4. The Morgan fingerprint density at radius 2 is 1.57 bits per heavy atom. The van der Waals surface area contributed by atoms with E-state index >= 15 is 0 Å². The highest BCUT2D eigenvalue weighted by molar-refractivity contribution is 9.10. The minimum absolute atomic E-state index is 0.0672. The number of aryl methyl sites for hydroxylation is 1. The zero-order valence-electron chi connectivity index (χ0n) is 20.3. The number of rotatable bonds is 7. The van der Waals surface area contributed by atoms with Crippen molar-refractivity contribution in [1.29, 1.82) is 0 Å². The van der Waals surface area contributed by atoms with Gasteiger partial charge in [0.2, 0.25) is 0 Å². The van der Waals surface area contributed by atoms with Crippen LogP contribution in [0, 0.1) is 6.92 Å². The lowest BCUT2D eigenvalue weighted by Crippen LogP contribution is -2.28. The van der Waals surface area contributed by atoms with Crippen LogP contribution in [0.2, 0.25) is 0 Å². The van der Waals surface area contributed by atoms with Crippen LogP contribution >= 0.6 is 27.7 Å². The third kappa shape index (κ3) is 6.40. The molecule has 184 valence electrons. The van der Waals surface area contributed by atoms with Gasteiger partial charge in [0.05, 0.1) is 17.1 Å². The van der Waals surface area contributed by atoms with E-state index in [2.05, 4.69) is 15.9 Å². The molecule has 0 atom stereocenters. The quantitative estimate of drug-likeness (QED) is 0.211. The number of amidine groups is 1. The number of hydrogen-bond donors (Lipinski definition) is 0. The lowest BCUT2D eigenvalue weighted by molar-refractivity contribution is -0.122. The van der Waals surface area contributed by atoms with Crippen molar-refractivity contribution < 1.29 is 9.53 Å². The molecular weight excluding hydrogens is 544 g/mol. The Morgan fingerprint density at radius 3 is 2.32 bits per heavy atom. The van der Waals surface area contributed by atoms with Gasteiger partial charge in [-0.15, -0.1) is 0 Å². The Bertz CT molecular complexity index is 1450. The molecule has 0 unspecified atom stereocenters. The molecule has 0 radical (unpaired) electrons. The van der Waals surface area contributed by atoms with E-state index in [1.54, 1.807) is 4.90 Å². The molecule has 1 fully saturated rings. The third-order valence-corrected chi connectivity index (χ3v) is 7.38. The molecule has 0 N–H and O–H groups in total. The van der Waals surface area contributed by atoms with E-state index in [0.717, 1.165) is 32.6 Å². The van der Waals surface area contributed by atoms with Crippen LogP contribution < -0.4 is 4.74 Å². The summed E-state index contributed by atoms with van der Waals surface area (Å²) < 4.78 is 7.17. The number of carbonyl (C=O) groups excluding carboxylic acids is 1. The molecule has 0 aromatic heterocycles. The smallest absolute Gasteiger partial charge is 0.267 e. The van der Waals surface area contributed by atoms with Gasteiger partial charge >= 0.3 is 0 Å². The SMILES string of the molecule is Cc1ccc(N=C2S/C(=C/c3ccccc3OCc3ccc(Br)cc3)C(=O)N2Cc2ccccc2)cc1. The van der Waals surface area contributed by atoms with Crippen molar-refractivity contribution in [2.75, 3.05) is 0 Å². The van der Waals surface area contributed by atoms with Crippen LogP contribution in [0.5, 0.6) is 5.75 Å². The summed E-state index contributed by atoms with van der Waals surface area (Å²) in [7, 11) is 0. The Labute approximate surface area is 229 Å². The van der Waals surface area contributed by atoms with Crippen LogP contribution in [0.15, 0.2) is 117 Å². The van der Waals surface area contributed by atoms with Crippen molar-refractivity contribution >= 4 is 50.5 Å². The standard InChI is InChI=1S/C31H25BrN2O2S/c1-22-11-17-27(18-12-22)33-31-34(20-23-7-3-2-4-8-23)30(35)29(37-31)19-25-9-5-6-10-28(25)36-21-24-13-15-26(32)16-14-24/h2-19H,20-21H2,1H3/b29-19+,33-31?. The fraction of sp³-hybridized carbons (Fsp3) is 0.0968. The number of benzene rings is 4. The van der Waals surface area contributed by atoms with E-state index in [1.807, 2.05) is 116 Å². The molecule has 1 heterocycles. The second kappa shape index (κ2) is 11.6. The summed E-state index contributed by atoms with van der Waals surface area (Å²) in [6.45, 7) is 2.94. The summed E-state index contributed by atoms with van der Waals surface area (Å²) in [6.07, 6.45) is 1.90. The Hall–Kier alpha value is -3.61. The van der Waals surface area contributed by atoms with Crippen molar-refractivity contribution in [3.63, 3.8) is 0 Å². The molecule has 4 aromatic carbocycles. The molecule has 1 amide bonds. The van der Waals surface area contributed by atoms with E-state index in [-0.39, 0.29) is 5.91 Å². The Balaban J connectivity index is 1.43. The van der Waals surface area contributed by atoms with E-state index < -0.39 is 0 Å². The highest BCUT2D eigenvalue weighted by Gasteiger charge is 2.33. The number of ether oxygens (including phenoxy) is 1. The highest BCUT2D eigenvalue weighted by atomic mass is 79.9. The monoisotopic (exact) mass is 568 g/mol. The lowest BCUT2D eigenvalue weighted by Gasteiger charge is -2.15. The molecule has 1 saturated heterocycles. The largest absolute Gasteiger partial charge is 0.488 e. The molecule has 6 heteroatoms. The molecule has 1 aliphatic rings. The maximum absolute atomic E-state index is 13.6. The highest BCUT2D eigenvalue weighted by Crippen LogP contribution is 2.36. The molecule has 37 heavy (non-hydrogen) atoms. The molecular formula is C31H25BrN2O2S. The summed E-state index contributed by atoms with van der Waals surface area (Å²) >= 11 is 4.86. The van der Waals surface area contributed by atoms with Crippen LogP contribution in [-0.4, -0.2) is 16.0 Å². The summed E-state index contributed by atoms with van der Waals surface area (Å²) in [5.74, 6) is 0.660. The van der Waals surface area contributed by atoms with Gasteiger partial charge in [0.25, 0.3) is 5.91 Å². The number of para-hydroxylation sites is 1. The first-order valence-corrected chi connectivity index (χ1v) is 13.5. The first-order valence-electron chi connectivity index (χ1n) is 11.9. The average Bonchev–Trinajstić information content (AvgIpc) is 3.20. The number of nitrogens with zero attached hydrogens (tertiary/aromatic N) is 2. The molecule has 4 nitrogen and oxygen atoms in total. The predicted molar refractivity (Wildman–Crippen MR) is 156 cm³/mol. The summed E-state index contributed by atoms with van der Waals surface area (Å²) in [4.78, 5) is 20.8. The molecule has 0 aliphatic carbocycles. The maximum Gasteiger partial charge on any atom is 0.267 e. The Morgan fingerprint density at radius 1 is 0.865 bits per heavy atom. The molecule has 1 aliphatic heterocycles. The van der Waals surface area contributed by atoms with E-state index in [4.69, 9.17) is 9.73 Å². The fourth-order valence-corrected chi connectivity index (χ4v) is 5.09. The van der Waals surface area contributed by atoms with E-state index in [0.29, 0.717) is 23.2 Å². The maximum atomic E-state index is 13.6. The molecule has 4 aromatic rings. The van der Waals surface area contributed by atoms with Gasteiger partial charge in [0, 0.05) is 10.0 Å². The van der Waals surface area contributed by atoms with E-state index in [9.17, 15) is 4.79 Å². The number of halogens is 1. The van der Waals surface area contributed by atoms with Crippen LogP contribution in [0.4, 0.5) is 5.69 Å². The summed E-state index contributed by atoms with van der Waals surface area (Å²) in [5.41, 5.74) is 4.96. The summed E-state index contributed by atoms with van der Waals surface area (Å²) in [6, 6.07) is 33.8. The normalized spacial score (nSPS) is 15.5. The zero-order valence-corrected chi connectivity index (χ0v) is 22.7. The average molecular weight is 570 g/mol. The van der Waals surface area contributed by atoms with Gasteiger partial charge in [-0.1, -0.05) is 94.3 Å². The van der Waals surface area contributed by atoms with Crippen molar-refractivity contribution in [2.24, 2.45) is 4.99 Å². The van der Waals surface area contributed by atoms with Crippen molar-refractivity contribution in [2.45, 2.75) is 20.1 Å². The van der Waals surface area contributed by atoms with Crippen molar-refractivity contribution in [3.8, 4) is 5.75 Å². The zero-order chi connectivity index (χ0) is 25.6. The number of aliphatic imine (C=N–C) groups is 1. The van der Waals surface area contributed by atoms with Gasteiger partial charge in [0.1, 0.15) is 12.4 Å².